The van der Waals surface area contributed by atoms with Crippen molar-refractivity contribution in [2.45, 2.75) is 33.6 Å². The van der Waals surface area contributed by atoms with Crippen LogP contribution in [-0.4, -0.2) is 30.6 Å². The lowest BCUT2D eigenvalue weighted by molar-refractivity contribution is -0.138. The van der Waals surface area contributed by atoms with E-state index in [0.717, 1.165) is 25.9 Å². The number of carbonyl (C=O) groups is 1. The number of rotatable bonds is 7. The number of nitriles is 1. The lowest BCUT2D eigenvalue weighted by Crippen LogP contribution is -2.20. The minimum absolute atomic E-state index is 0.0693. The van der Waals surface area contributed by atoms with E-state index in [1.807, 2.05) is 17.9 Å². The first-order chi connectivity index (χ1) is 7.69. The number of hydrogen-bond donors (Lipinski definition) is 0. The van der Waals surface area contributed by atoms with Gasteiger partial charge in [-0.25, -0.2) is 4.79 Å². The van der Waals surface area contributed by atoms with E-state index in [9.17, 15) is 4.79 Å². The van der Waals surface area contributed by atoms with Crippen molar-refractivity contribution in [3.05, 3.63) is 11.8 Å². The highest BCUT2D eigenvalue weighted by Gasteiger charge is 2.11. The lowest BCUT2D eigenvalue weighted by Gasteiger charge is -2.17. The molecule has 0 aliphatic rings. The lowest BCUT2D eigenvalue weighted by atomic mass is 10.3. The second kappa shape index (κ2) is 8.78. The molecule has 0 aliphatic carbocycles. The number of ether oxygens (including phenoxy) is 1. The summed E-state index contributed by atoms with van der Waals surface area (Å²) in [6.45, 7) is 7.75. The minimum atomic E-state index is -0.542. The van der Waals surface area contributed by atoms with E-state index in [2.05, 4.69) is 6.92 Å². The summed E-state index contributed by atoms with van der Waals surface area (Å²) in [4.78, 5) is 13.3. The molecule has 0 radical (unpaired) electrons. The molecule has 90 valence electrons. The average Bonchev–Trinajstić information content (AvgIpc) is 2.30. The first-order valence-corrected chi connectivity index (χ1v) is 5.72. The van der Waals surface area contributed by atoms with Crippen LogP contribution < -0.4 is 0 Å². The molecule has 0 aromatic heterocycles. The predicted octanol–water partition coefficient (Wildman–Crippen LogP) is 2.08. The van der Waals surface area contributed by atoms with Gasteiger partial charge in [0.1, 0.15) is 6.07 Å². The molecule has 0 bridgehead atoms. The van der Waals surface area contributed by atoms with E-state index in [1.54, 1.807) is 13.1 Å². The van der Waals surface area contributed by atoms with Crippen molar-refractivity contribution in [3.63, 3.8) is 0 Å². The van der Waals surface area contributed by atoms with E-state index in [0.29, 0.717) is 6.61 Å². The van der Waals surface area contributed by atoms with Crippen LogP contribution in [-0.2, 0) is 9.53 Å². The third-order valence-corrected chi connectivity index (χ3v) is 2.13. The maximum absolute atomic E-state index is 11.4. The Labute approximate surface area is 97.5 Å². The van der Waals surface area contributed by atoms with Crippen LogP contribution in [0, 0.1) is 11.3 Å². The fraction of sp³-hybridized carbons (Fsp3) is 0.667. The third kappa shape index (κ3) is 5.40. The van der Waals surface area contributed by atoms with Gasteiger partial charge in [0.05, 0.1) is 6.61 Å². The summed E-state index contributed by atoms with van der Waals surface area (Å²) >= 11 is 0. The zero-order valence-corrected chi connectivity index (χ0v) is 10.3. The highest BCUT2D eigenvalue weighted by atomic mass is 16.5. The van der Waals surface area contributed by atoms with E-state index in [-0.39, 0.29) is 5.57 Å². The Hall–Kier alpha value is -1.50. The van der Waals surface area contributed by atoms with E-state index in [4.69, 9.17) is 10.00 Å². The molecule has 0 atom stereocenters. The van der Waals surface area contributed by atoms with Crippen molar-refractivity contribution >= 4 is 5.97 Å². The van der Waals surface area contributed by atoms with Crippen LogP contribution in [0.5, 0.6) is 0 Å². The topological polar surface area (TPSA) is 53.3 Å². The van der Waals surface area contributed by atoms with Crippen LogP contribution in [0.3, 0.4) is 0 Å². The first-order valence-electron chi connectivity index (χ1n) is 5.72. The number of unbranched alkanes of at least 4 members (excludes halogenated alkanes) is 1. The van der Waals surface area contributed by atoms with Crippen LogP contribution in [0.25, 0.3) is 0 Å². The van der Waals surface area contributed by atoms with Gasteiger partial charge in [0, 0.05) is 19.3 Å². The minimum Gasteiger partial charge on any atom is -0.462 e. The van der Waals surface area contributed by atoms with Gasteiger partial charge in [0.25, 0.3) is 0 Å². The van der Waals surface area contributed by atoms with Gasteiger partial charge in [-0.15, -0.1) is 0 Å². The molecule has 4 heteroatoms. The van der Waals surface area contributed by atoms with E-state index >= 15 is 0 Å². The molecule has 4 nitrogen and oxygen atoms in total. The van der Waals surface area contributed by atoms with E-state index in [1.165, 1.54) is 0 Å². The number of nitrogens with zero attached hydrogens (tertiary/aromatic N) is 2. The summed E-state index contributed by atoms with van der Waals surface area (Å²) in [5, 5.41) is 8.85. The standard InChI is InChI=1S/C12H20N2O2/c1-4-7-8-14(5-2)10-11(9-13)12(15)16-6-3/h10H,4-8H2,1-3H3/b11-10+. The number of esters is 1. The van der Waals surface area contributed by atoms with E-state index < -0.39 is 5.97 Å². The van der Waals surface area contributed by atoms with Gasteiger partial charge in [-0.3, -0.25) is 0 Å². The number of carbonyl (C=O) groups excluding carboxylic acids is 1. The molecule has 0 spiro atoms. The van der Waals surface area contributed by atoms with Crippen molar-refractivity contribution in [1.82, 2.24) is 4.90 Å². The first kappa shape index (κ1) is 14.5. The molecule has 0 N–H and O–H groups in total. The SMILES string of the molecule is CCCCN(/C=C(\C#N)C(=O)OCC)CC. The molecule has 0 rings (SSSR count). The summed E-state index contributed by atoms with van der Waals surface area (Å²) in [6, 6.07) is 1.87. The van der Waals surface area contributed by atoms with Gasteiger partial charge in [-0.1, -0.05) is 13.3 Å². The molecular formula is C12H20N2O2. The zero-order valence-electron chi connectivity index (χ0n) is 10.3. The Morgan fingerprint density at radius 1 is 1.44 bits per heavy atom. The normalized spacial score (nSPS) is 10.8. The van der Waals surface area contributed by atoms with Gasteiger partial charge >= 0.3 is 5.97 Å². The molecule has 0 amide bonds. The van der Waals surface area contributed by atoms with Gasteiger partial charge in [-0.2, -0.15) is 5.26 Å². The molecule has 0 aromatic rings. The summed E-state index contributed by atoms with van der Waals surface area (Å²) in [5.41, 5.74) is 0.0693. The highest BCUT2D eigenvalue weighted by Crippen LogP contribution is 2.02. The maximum Gasteiger partial charge on any atom is 0.350 e. The second-order valence-electron chi connectivity index (χ2n) is 3.36. The quantitative estimate of drug-likeness (QED) is 0.377. The van der Waals surface area contributed by atoms with Gasteiger partial charge in [-0.05, 0) is 20.3 Å². The Balaban J connectivity index is 4.52. The Morgan fingerprint density at radius 2 is 2.12 bits per heavy atom. The fourth-order valence-corrected chi connectivity index (χ4v) is 1.19. The molecule has 0 aliphatic heterocycles. The van der Waals surface area contributed by atoms with Crippen LogP contribution in [0.1, 0.15) is 33.6 Å². The summed E-state index contributed by atoms with van der Waals surface area (Å²) in [6.07, 6.45) is 3.73. The van der Waals surface area contributed by atoms with Crippen molar-refractivity contribution in [1.29, 1.82) is 5.26 Å². The monoisotopic (exact) mass is 224 g/mol. The van der Waals surface area contributed by atoms with Crippen molar-refractivity contribution in [2.75, 3.05) is 19.7 Å². The van der Waals surface area contributed by atoms with Gasteiger partial charge in [0.15, 0.2) is 5.57 Å². The Morgan fingerprint density at radius 3 is 2.56 bits per heavy atom. The van der Waals surface area contributed by atoms with Gasteiger partial charge < -0.3 is 9.64 Å². The Kier molecular flexibility index (Phi) is 7.96. The number of hydrogen-bond acceptors (Lipinski definition) is 4. The third-order valence-electron chi connectivity index (χ3n) is 2.13. The predicted molar refractivity (Wildman–Crippen MR) is 62.5 cm³/mol. The Bertz CT molecular complexity index is 279. The molecule has 0 fully saturated rings. The molecule has 0 heterocycles. The van der Waals surface area contributed by atoms with Crippen molar-refractivity contribution in [3.8, 4) is 6.07 Å². The van der Waals surface area contributed by atoms with Crippen LogP contribution in [0.2, 0.25) is 0 Å². The molecule has 0 unspecified atom stereocenters. The molecule has 16 heavy (non-hydrogen) atoms. The van der Waals surface area contributed by atoms with Crippen LogP contribution >= 0.6 is 0 Å². The molecule has 0 aromatic carbocycles. The van der Waals surface area contributed by atoms with Crippen LogP contribution in [0.4, 0.5) is 0 Å². The van der Waals surface area contributed by atoms with Crippen LogP contribution in [0.15, 0.2) is 11.8 Å². The highest BCUT2D eigenvalue weighted by molar-refractivity contribution is 5.92. The summed E-state index contributed by atoms with van der Waals surface area (Å²) < 4.78 is 4.79. The molecule has 0 saturated heterocycles. The van der Waals surface area contributed by atoms with Gasteiger partial charge in [0.2, 0.25) is 0 Å². The van der Waals surface area contributed by atoms with Crippen molar-refractivity contribution < 1.29 is 9.53 Å². The smallest absolute Gasteiger partial charge is 0.350 e. The fourth-order valence-electron chi connectivity index (χ4n) is 1.19. The second-order valence-corrected chi connectivity index (χ2v) is 3.36. The zero-order chi connectivity index (χ0) is 12.4. The summed E-state index contributed by atoms with van der Waals surface area (Å²) in [5.74, 6) is -0.542. The maximum atomic E-state index is 11.4. The largest absolute Gasteiger partial charge is 0.462 e. The molecule has 0 saturated carbocycles. The average molecular weight is 224 g/mol. The molecular weight excluding hydrogens is 204 g/mol. The summed E-state index contributed by atoms with van der Waals surface area (Å²) in [7, 11) is 0. The van der Waals surface area contributed by atoms with Crippen molar-refractivity contribution in [2.24, 2.45) is 0 Å².